The molecule has 236 valence electrons. The van der Waals surface area contributed by atoms with Gasteiger partial charge in [0.05, 0.1) is 32.1 Å². The molecule has 0 radical (unpaired) electrons. The highest BCUT2D eigenvalue weighted by Gasteiger charge is 2.17. The van der Waals surface area contributed by atoms with Gasteiger partial charge in [0.1, 0.15) is 17.2 Å². The number of hydrogen-bond acceptors (Lipinski definition) is 8. The Balaban J connectivity index is 1.46. The van der Waals surface area contributed by atoms with E-state index >= 15 is 0 Å². The first-order valence-corrected chi connectivity index (χ1v) is 15.2. The van der Waals surface area contributed by atoms with Crippen LogP contribution in [0.4, 0.5) is 11.4 Å². The number of nitrogens with one attached hydrogen (secondary N) is 3. The van der Waals surface area contributed by atoms with Gasteiger partial charge in [0, 0.05) is 27.4 Å². The number of hydrogen-bond donors (Lipinski definition) is 3. The molecule has 0 unspecified atom stereocenters. The minimum atomic E-state index is -0.569. The number of benzene rings is 4. The quantitative estimate of drug-likeness (QED) is 0.0920. The molecule has 10 nitrogen and oxygen atoms in total. The summed E-state index contributed by atoms with van der Waals surface area (Å²) in [5, 5.41) is 8.34. The van der Waals surface area contributed by atoms with Gasteiger partial charge in [-0.05, 0) is 85.8 Å². The molecule has 0 aromatic heterocycles. The van der Waals surface area contributed by atoms with E-state index in [0.717, 1.165) is 4.90 Å². The van der Waals surface area contributed by atoms with Crippen molar-refractivity contribution in [3.63, 3.8) is 0 Å². The highest BCUT2D eigenvalue weighted by Crippen LogP contribution is 2.27. The van der Waals surface area contributed by atoms with Gasteiger partial charge in [0.25, 0.3) is 11.8 Å². The number of carbonyl (C=O) groups excluding carboxylic acids is 4. The zero-order valence-electron chi connectivity index (χ0n) is 25.5. The standard InChI is InChI=1S/C35H33N3O7S/c1-4-45-35(42)24-13-15-26(16-14-24)36-32(39)22-46-29-12-8-11-27(21-29)37-34(41)30(38-33(40)23-9-6-5-7-10-23)20-25-19-28(43-2)17-18-31(25)44-3/h5-21H,4,22H2,1-3H3,(H,36,39)(H,37,41)(H,38,40)/b30-20+. The summed E-state index contributed by atoms with van der Waals surface area (Å²) < 4.78 is 15.8. The molecule has 0 aliphatic rings. The van der Waals surface area contributed by atoms with Gasteiger partial charge < -0.3 is 30.2 Å². The van der Waals surface area contributed by atoms with Crippen LogP contribution in [0.3, 0.4) is 0 Å². The molecule has 0 saturated heterocycles. The van der Waals surface area contributed by atoms with E-state index in [9.17, 15) is 19.2 Å². The van der Waals surface area contributed by atoms with Crippen molar-refractivity contribution < 1.29 is 33.4 Å². The van der Waals surface area contributed by atoms with Crippen LogP contribution in [0.25, 0.3) is 6.08 Å². The van der Waals surface area contributed by atoms with Crippen molar-refractivity contribution in [2.75, 3.05) is 37.2 Å². The molecule has 4 aromatic rings. The van der Waals surface area contributed by atoms with Crippen molar-refractivity contribution in [1.29, 1.82) is 0 Å². The maximum Gasteiger partial charge on any atom is 0.338 e. The first-order valence-electron chi connectivity index (χ1n) is 14.2. The van der Waals surface area contributed by atoms with Gasteiger partial charge in [0.2, 0.25) is 5.91 Å². The average molecular weight is 640 g/mol. The summed E-state index contributed by atoms with van der Waals surface area (Å²) in [5.74, 6) is -0.579. The lowest BCUT2D eigenvalue weighted by Crippen LogP contribution is -2.30. The third-order valence-electron chi connectivity index (χ3n) is 6.41. The van der Waals surface area contributed by atoms with Gasteiger partial charge in [-0.15, -0.1) is 11.8 Å². The number of amides is 3. The first kappa shape index (κ1) is 33.3. The zero-order chi connectivity index (χ0) is 32.9. The summed E-state index contributed by atoms with van der Waals surface area (Å²) in [6, 6.07) is 27.1. The smallest absolute Gasteiger partial charge is 0.338 e. The first-order chi connectivity index (χ1) is 22.3. The van der Waals surface area contributed by atoms with Crippen LogP contribution in [0.2, 0.25) is 0 Å². The molecule has 3 amide bonds. The van der Waals surface area contributed by atoms with E-state index in [-0.39, 0.29) is 24.0 Å². The van der Waals surface area contributed by atoms with E-state index in [2.05, 4.69) is 16.0 Å². The Labute approximate surface area is 271 Å². The molecule has 0 bridgehead atoms. The van der Waals surface area contributed by atoms with Crippen LogP contribution in [-0.2, 0) is 14.3 Å². The highest BCUT2D eigenvalue weighted by molar-refractivity contribution is 8.00. The average Bonchev–Trinajstić information content (AvgIpc) is 3.08. The lowest BCUT2D eigenvalue weighted by Gasteiger charge is -2.14. The summed E-state index contributed by atoms with van der Waals surface area (Å²) in [5.41, 5.74) is 2.28. The molecule has 0 atom stereocenters. The number of rotatable bonds is 13. The molecule has 0 saturated carbocycles. The fourth-order valence-electron chi connectivity index (χ4n) is 4.16. The largest absolute Gasteiger partial charge is 0.497 e. The molecule has 0 spiro atoms. The minimum absolute atomic E-state index is 0.0215. The molecular weight excluding hydrogens is 606 g/mol. The zero-order valence-corrected chi connectivity index (χ0v) is 26.3. The molecule has 11 heteroatoms. The van der Waals surface area contributed by atoms with Crippen LogP contribution in [0.1, 0.15) is 33.2 Å². The van der Waals surface area contributed by atoms with Gasteiger partial charge >= 0.3 is 5.97 Å². The van der Waals surface area contributed by atoms with Crippen molar-refractivity contribution in [3.05, 3.63) is 119 Å². The van der Waals surface area contributed by atoms with Gasteiger partial charge in [-0.25, -0.2) is 4.79 Å². The van der Waals surface area contributed by atoms with Crippen molar-refractivity contribution >= 4 is 52.9 Å². The van der Waals surface area contributed by atoms with Crippen molar-refractivity contribution in [2.24, 2.45) is 0 Å². The second-order valence-electron chi connectivity index (χ2n) is 9.60. The summed E-state index contributed by atoms with van der Waals surface area (Å²) in [7, 11) is 3.03. The Bertz CT molecular complexity index is 1720. The molecule has 4 aromatic carbocycles. The Morgan fingerprint density at radius 1 is 0.761 bits per heavy atom. The molecule has 0 heterocycles. The number of carbonyl (C=O) groups is 4. The monoisotopic (exact) mass is 639 g/mol. The second-order valence-corrected chi connectivity index (χ2v) is 10.7. The maximum atomic E-state index is 13.6. The molecule has 3 N–H and O–H groups in total. The number of thioether (sulfide) groups is 1. The van der Waals surface area contributed by atoms with E-state index in [1.165, 1.54) is 32.1 Å². The minimum Gasteiger partial charge on any atom is -0.497 e. The topological polar surface area (TPSA) is 132 Å². The van der Waals surface area contributed by atoms with Crippen LogP contribution in [0.15, 0.2) is 108 Å². The number of anilines is 2. The van der Waals surface area contributed by atoms with E-state index in [4.69, 9.17) is 14.2 Å². The molecule has 46 heavy (non-hydrogen) atoms. The maximum absolute atomic E-state index is 13.6. The van der Waals surface area contributed by atoms with Gasteiger partial charge in [-0.3, -0.25) is 14.4 Å². The summed E-state index contributed by atoms with van der Waals surface area (Å²) in [6.07, 6.45) is 1.51. The van der Waals surface area contributed by atoms with Crippen molar-refractivity contribution in [1.82, 2.24) is 5.32 Å². The third kappa shape index (κ3) is 9.47. The summed E-state index contributed by atoms with van der Waals surface area (Å²) >= 11 is 1.28. The van der Waals surface area contributed by atoms with Crippen LogP contribution < -0.4 is 25.4 Å². The molecule has 0 aliphatic heterocycles. The lowest BCUT2D eigenvalue weighted by molar-refractivity contribution is -0.114. The Kier molecular flexibility index (Phi) is 12.0. The van der Waals surface area contributed by atoms with Crippen LogP contribution in [0.5, 0.6) is 11.5 Å². The number of methoxy groups -OCH3 is 2. The molecule has 0 aliphatic carbocycles. The molecule has 0 fully saturated rings. The van der Waals surface area contributed by atoms with E-state index in [1.54, 1.807) is 97.9 Å². The van der Waals surface area contributed by atoms with Crippen LogP contribution in [-0.4, -0.2) is 50.3 Å². The Morgan fingerprint density at radius 3 is 2.22 bits per heavy atom. The van der Waals surface area contributed by atoms with E-state index in [1.807, 2.05) is 6.07 Å². The molecular formula is C35H33N3O7S. The number of esters is 1. The highest BCUT2D eigenvalue weighted by atomic mass is 32.2. The lowest BCUT2D eigenvalue weighted by atomic mass is 10.1. The fourth-order valence-corrected chi connectivity index (χ4v) is 4.92. The van der Waals surface area contributed by atoms with Gasteiger partial charge in [-0.2, -0.15) is 0 Å². The van der Waals surface area contributed by atoms with Gasteiger partial charge in [0.15, 0.2) is 0 Å². The SMILES string of the molecule is CCOC(=O)c1ccc(NC(=O)CSc2cccc(NC(=O)/C(=C\c3cc(OC)ccc3OC)NC(=O)c3ccccc3)c2)cc1. The van der Waals surface area contributed by atoms with Crippen LogP contribution in [0, 0.1) is 0 Å². The molecule has 4 rings (SSSR count). The van der Waals surface area contributed by atoms with E-state index < -0.39 is 17.8 Å². The van der Waals surface area contributed by atoms with Crippen molar-refractivity contribution in [2.45, 2.75) is 11.8 Å². The summed E-state index contributed by atoms with van der Waals surface area (Å²) in [4.78, 5) is 51.8. The Hall–Kier alpha value is -5.55. The van der Waals surface area contributed by atoms with E-state index in [0.29, 0.717) is 39.6 Å². The predicted molar refractivity (Wildman–Crippen MR) is 178 cm³/mol. The third-order valence-corrected chi connectivity index (χ3v) is 7.40. The van der Waals surface area contributed by atoms with Crippen molar-refractivity contribution in [3.8, 4) is 11.5 Å². The second kappa shape index (κ2) is 16.5. The van der Waals surface area contributed by atoms with Gasteiger partial charge in [-0.1, -0.05) is 24.3 Å². The fraction of sp³-hybridized carbons (Fsp3) is 0.143. The number of ether oxygens (including phenoxy) is 3. The summed E-state index contributed by atoms with van der Waals surface area (Å²) in [6.45, 7) is 2.01. The predicted octanol–water partition coefficient (Wildman–Crippen LogP) is 6.02. The Morgan fingerprint density at radius 2 is 1.52 bits per heavy atom. The normalized spacial score (nSPS) is 10.8. The van der Waals surface area contributed by atoms with Crippen LogP contribution >= 0.6 is 11.8 Å².